The zero-order chi connectivity index (χ0) is 15.3. The SMILES string of the molecule is CCOc1cc(NCC(C)(O)C(=O)O)ccc1[N+](=O)[O-]. The van der Waals surface area contributed by atoms with Gasteiger partial charge in [-0.05, 0) is 19.9 Å². The second-order valence-electron chi connectivity index (χ2n) is 4.31. The summed E-state index contributed by atoms with van der Waals surface area (Å²) in [6, 6.07) is 4.06. The molecule has 0 saturated carbocycles. The van der Waals surface area contributed by atoms with Gasteiger partial charge in [-0.25, -0.2) is 4.79 Å². The van der Waals surface area contributed by atoms with E-state index in [1.807, 2.05) is 0 Å². The van der Waals surface area contributed by atoms with Gasteiger partial charge in [0, 0.05) is 17.8 Å². The van der Waals surface area contributed by atoms with Gasteiger partial charge in [0.15, 0.2) is 11.4 Å². The zero-order valence-electron chi connectivity index (χ0n) is 11.1. The zero-order valence-corrected chi connectivity index (χ0v) is 11.1. The number of carbonyl (C=O) groups is 1. The van der Waals surface area contributed by atoms with Gasteiger partial charge < -0.3 is 20.3 Å². The number of nitrogens with zero attached hydrogens (tertiary/aromatic N) is 1. The third-order valence-electron chi connectivity index (χ3n) is 2.55. The number of carboxylic acid groups (broad SMARTS) is 1. The first-order chi connectivity index (χ1) is 9.27. The highest BCUT2D eigenvalue weighted by Crippen LogP contribution is 2.30. The fourth-order valence-electron chi connectivity index (χ4n) is 1.40. The number of aliphatic carboxylic acids is 1. The molecular formula is C12H16N2O6. The van der Waals surface area contributed by atoms with E-state index in [4.69, 9.17) is 9.84 Å². The maximum Gasteiger partial charge on any atom is 0.337 e. The Bertz CT molecular complexity index is 515. The highest BCUT2D eigenvalue weighted by molar-refractivity contribution is 5.77. The van der Waals surface area contributed by atoms with E-state index in [9.17, 15) is 20.0 Å². The van der Waals surface area contributed by atoms with Gasteiger partial charge in [0.25, 0.3) is 0 Å². The van der Waals surface area contributed by atoms with E-state index in [0.717, 1.165) is 6.92 Å². The molecule has 0 saturated heterocycles. The highest BCUT2D eigenvalue weighted by Gasteiger charge is 2.29. The molecule has 0 aliphatic rings. The van der Waals surface area contributed by atoms with Crippen molar-refractivity contribution in [3.63, 3.8) is 0 Å². The molecule has 0 aliphatic heterocycles. The fourth-order valence-corrected chi connectivity index (χ4v) is 1.40. The summed E-state index contributed by atoms with van der Waals surface area (Å²) in [6.45, 7) is 2.86. The van der Waals surface area contributed by atoms with Crippen molar-refractivity contribution < 1.29 is 24.7 Å². The van der Waals surface area contributed by atoms with Crippen molar-refractivity contribution in [1.29, 1.82) is 0 Å². The molecule has 8 nitrogen and oxygen atoms in total. The molecule has 1 aromatic rings. The monoisotopic (exact) mass is 284 g/mol. The molecule has 3 N–H and O–H groups in total. The van der Waals surface area contributed by atoms with E-state index >= 15 is 0 Å². The van der Waals surface area contributed by atoms with Gasteiger partial charge in [0.05, 0.1) is 18.1 Å². The van der Waals surface area contributed by atoms with Crippen LogP contribution in [0.25, 0.3) is 0 Å². The molecule has 0 amide bonds. The van der Waals surface area contributed by atoms with Crippen LogP contribution in [0.1, 0.15) is 13.8 Å². The fraction of sp³-hybridized carbons (Fsp3) is 0.417. The first kappa shape index (κ1) is 15.7. The second-order valence-corrected chi connectivity index (χ2v) is 4.31. The minimum atomic E-state index is -1.94. The Morgan fingerprint density at radius 1 is 1.55 bits per heavy atom. The van der Waals surface area contributed by atoms with Gasteiger partial charge in [-0.3, -0.25) is 10.1 Å². The van der Waals surface area contributed by atoms with E-state index in [1.54, 1.807) is 6.92 Å². The Balaban J connectivity index is 2.90. The first-order valence-electron chi connectivity index (χ1n) is 5.89. The molecule has 0 fully saturated rings. The Morgan fingerprint density at radius 2 is 2.20 bits per heavy atom. The number of nitro groups is 1. The highest BCUT2D eigenvalue weighted by atomic mass is 16.6. The summed E-state index contributed by atoms with van der Waals surface area (Å²) in [7, 11) is 0. The predicted molar refractivity (Wildman–Crippen MR) is 71.0 cm³/mol. The molecule has 1 unspecified atom stereocenters. The van der Waals surface area contributed by atoms with Crippen molar-refractivity contribution in [2.45, 2.75) is 19.4 Å². The number of nitrogens with one attached hydrogen (secondary N) is 1. The molecule has 110 valence electrons. The summed E-state index contributed by atoms with van der Waals surface area (Å²) in [6.07, 6.45) is 0. The molecule has 0 spiro atoms. The number of aliphatic hydroxyl groups is 1. The number of carboxylic acids is 1. The first-order valence-corrected chi connectivity index (χ1v) is 5.89. The maximum absolute atomic E-state index is 10.8. The number of rotatable bonds is 7. The Labute approximate surface area is 115 Å². The van der Waals surface area contributed by atoms with Crippen molar-refractivity contribution >= 4 is 17.3 Å². The van der Waals surface area contributed by atoms with E-state index in [2.05, 4.69) is 5.32 Å². The van der Waals surface area contributed by atoms with Crippen LogP contribution in [0.5, 0.6) is 5.75 Å². The molecule has 8 heteroatoms. The van der Waals surface area contributed by atoms with Crippen molar-refractivity contribution in [3.05, 3.63) is 28.3 Å². The van der Waals surface area contributed by atoms with Gasteiger partial charge in [0.2, 0.25) is 0 Å². The van der Waals surface area contributed by atoms with Crippen molar-refractivity contribution in [2.75, 3.05) is 18.5 Å². The van der Waals surface area contributed by atoms with Crippen molar-refractivity contribution in [2.24, 2.45) is 0 Å². The summed E-state index contributed by atoms with van der Waals surface area (Å²) in [5.74, 6) is -1.28. The number of nitro benzene ring substituents is 1. The number of ether oxygens (including phenoxy) is 1. The number of hydrogen-bond donors (Lipinski definition) is 3. The molecule has 0 aromatic heterocycles. The number of benzene rings is 1. The van der Waals surface area contributed by atoms with Crippen molar-refractivity contribution in [1.82, 2.24) is 0 Å². The lowest BCUT2D eigenvalue weighted by Gasteiger charge is -2.19. The average Bonchev–Trinajstić information content (AvgIpc) is 2.36. The van der Waals surface area contributed by atoms with Gasteiger partial charge in [-0.2, -0.15) is 0 Å². The minimum Gasteiger partial charge on any atom is -0.487 e. The lowest BCUT2D eigenvalue weighted by atomic mass is 10.1. The van der Waals surface area contributed by atoms with Gasteiger partial charge in [0.1, 0.15) is 0 Å². The molecular weight excluding hydrogens is 268 g/mol. The summed E-state index contributed by atoms with van der Waals surface area (Å²) in [5, 5.41) is 31.8. The molecule has 1 aromatic carbocycles. The molecule has 0 radical (unpaired) electrons. The topological polar surface area (TPSA) is 122 Å². The molecule has 1 rings (SSSR count). The molecule has 0 aliphatic carbocycles. The number of hydrogen-bond acceptors (Lipinski definition) is 6. The maximum atomic E-state index is 10.8. The van der Waals surface area contributed by atoms with Crippen LogP contribution in [0.2, 0.25) is 0 Å². The molecule has 20 heavy (non-hydrogen) atoms. The minimum absolute atomic E-state index is 0.0810. The van der Waals surface area contributed by atoms with Gasteiger partial charge >= 0.3 is 11.7 Å². The molecule has 0 heterocycles. The van der Waals surface area contributed by atoms with Crippen LogP contribution in [0.3, 0.4) is 0 Å². The van der Waals surface area contributed by atoms with Crippen LogP contribution in [-0.4, -0.2) is 39.9 Å². The Kier molecular flexibility index (Phi) is 4.87. The third-order valence-corrected chi connectivity index (χ3v) is 2.55. The molecule has 1 atom stereocenters. The van der Waals surface area contributed by atoms with E-state index in [0.29, 0.717) is 5.69 Å². The standard InChI is InChI=1S/C12H16N2O6/c1-3-20-10-6-8(4-5-9(10)14(18)19)13-7-12(2,17)11(15)16/h4-6,13,17H,3,7H2,1-2H3,(H,15,16). The Hall–Kier alpha value is -2.35. The lowest BCUT2D eigenvalue weighted by Crippen LogP contribution is -2.41. The third kappa shape index (κ3) is 3.82. The number of anilines is 1. The van der Waals surface area contributed by atoms with Crippen LogP contribution in [-0.2, 0) is 4.79 Å². The quantitative estimate of drug-likeness (QED) is 0.508. The van der Waals surface area contributed by atoms with E-state index in [1.165, 1.54) is 18.2 Å². The van der Waals surface area contributed by atoms with Crippen LogP contribution in [0.4, 0.5) is 11.4 Å². The summed E-state index contributed by atoms with van der Waals surface area (Å²) in [4.78, 5) is 21.0. The van der Waals surface area contributed by atoms with Crippen LogP contribution in [0, 0.1) is 10.1 Å². The normalized spacial score (nSPS) is 13.3. The predicted octanol–water partition coefficient (Wildman–Crippen LogP) is 1.24. The Morgan fingerprint density at radius 3 is 2.70 bits per heavy atom. The summed E-state index contributed by atoms with van der Waals surface area (Å²) < 4.78 is 5.16. The van der Waals surface area contributed by atoms with Gasteiger partial charge in [-0.1, -0.05) is 0 Å². The largest absolute Gasteiger partial charge is 0.487 e. The van der Waals surface area contributed by atoms with Crippen LogP contribution < -0.4 is 10.1 Å². The molecule has 0 bridgehead atoms. The van der Waals surface area contributed by atoms with Gasteiger partial charge in [-0.15, -0.1) is 0 Å². The van der Waals surface area contributed by atoms with E-state index < -0.39 is 16.5 Å². The van der Waals surface area contributed by atoms with Crippen LogP contribution >= 0.6 is 0 Å². The summed E-state index contributed by atoms with van der Waals surface area (Å²) in [5.41, 5.74) is -1.70. The van der Waals surface area contributed by atoms with Crippen LogP contribution in [0.15, 0.2) is 18.2 Å². The average molecular weight is 284 g/mol. The second kappa shape index (κ2) is 6.20. The van der Waals surface area contributed by atoms with E-state index in [-0.39, 0.29) is 24.6 Å². The smallest absolute Gasteiger partial charge is 0.337 e. The summed E-state index contributed by atoms with van der Waals surface area (Å²) >= 11 is 0. The van der Waals surface area contributed by atoms with Crippen molar-refractivity contribution in [3.8, 4) is 5.75 Å². The lowest BCUT2D eigenvalue weighted by molar-refractivity contribution is -0.385.